The van der Waals surface area contributed by atoms with E-state index in [0.717, 1.165) is 27.5 Å². The summed E-state index contributed by atoms with van der Waals surface area (Å²) in [5.41, 5.74) is 33.7. The van der Waals surface area contributed by atoms with Crippen molar-refractivity contribution in [3.05, 3.63) is 86.5 Å². The lowest BCUT2D eigenvalue weighted by molar-refractivity contribution is -0.0607. The van der Waals surface area contributed by atoms with Crippen LogP contribution in [0.25, 0.3) is 55.9 Å². The molecule has 20 N–H and O–H groups in total. The number of hydrogen-bond acceptors (Lipinski definition) is 50. The average Bonchev–Trinajstić information content (AvgIpc) is 1.61. The Balaban J connectivity index is 0.000000129. The molecule has 12 aromatic rings. The van der Waals surface area contributed by atoms with Crippen molar-refractivity contribution >= 4 is 215 Å². The number of nitrogens with zero attached hydrogens (tertiary/aromatic N) is 23. The third-order valence-electron chi connectivity index (χ3n) is 21.4. The molecule has 0 aliphatic carbocycles. The molecule has 0 saturated carbocycles. The Morgan fingerprint density at radius 2 is 0.850 bits per heavy atom. The van der Waals surface area contributed by atoms with E-state index in [0.29, 0.717) is 22.7 Å². The van der Waals surface area contributed by atoms with Crippen LogP contribution in [0.4, 0.5) is 52.9 Å². The van der Waals surface area contributed by atoms with Crippen LogP contribution in [0.3, 0.4) is 0 Å². The molecule has 714 valence electrons. The molecular weight excluding hydrogens is 2050 g/mol. The quantitative estimate of drug-likeness (QED) is 0.0575. The van der Waals surface area contributed by atoms with E-state index in [1.54, 1.807) is 0 Å². The number of hydrogen-bond donors (Lipinski definition) is 15. The fourth-order valence-electron chi connectivity index (χ4n) is 15.5. The van der Waals surface area contributed by atoms with Crippen LogP contribution in [0.15, 0.2) is 58.4 Å². The van der Waals surface area contributed by atoms with Gasteiger partial charge in [-0.3, -0.25) is 61.1 Å². The number of anilines is 6. The molecule has 0 amide bonds. The first-order valence-corrected chi connectivity index (χ1v) is 54.9. The molecule has 9 aliphatic heterocycles. The molecule has 9 fully saturated rings. The molecule has 21 heterocycles. The number of nitrogen functional groups attached to an aromatic ring is 6. The monoisotopic (exact) mass is 2110 g/mol. The molecule has 21 rings (SSSR count). The summed E-state index contributed by atoms with van der Waals surface area (Å²) in [4.78, 5) is 143. The number of fused-ring (bicyclic) bond motifs is 15. The second kappa shape index (κ2) is 36.3. The van der Waals surface area contributed by atoms with Crippen molar-refractivity contribution in [2.24, 2.45) is 0 Å². The number of rotatable bonds is 6. The highest BCUT2D eigenvalue weighted by atomic mass is 32.7. The van der Waals surface area contributed by atoms with Gasteiger partial charge in [0, 0.05) is 12.8 Å². The van der Waals surface area contributed by atoms with Gasteiger partial charge in [0.15, 0.2) is 105 Å². The molecule has 0 aromatic carbocycles. The number of imidazole rings is 4. The van der Waals surface area contributed by atoms with Gasteiger partial charge in [-0.05, 0) is 59.0 Å². The third-order valence-corrected chi connectivity index (χ3v) is 32.4. The molecule has 0 radical (unpaired) electrons. The van der Waals surface area contributed by atoms with Crippen LogP contribution in [0, 0.1) is 0 Å². The number of thioether (sulfide) groups is 1. The average molecular weight is 2110 g/mol. The fraction of sp³-hybridized carbons (Fsp3) is 0.517. The van der Waals surface area contributed by atoms with Gasteiger partial charge < -0.3 is 114 Å². The van der Waals surface area contributed by atoms with Crippen LogP contribution in [-0.2, 0) is 142 Å². The first kappa shape index (κ1) is 94.4. The van der Waals surface area contributed by atoms with Crippen molar-refractivity contribution in [1.82, 2.24) is 128 Å². The summed E-state index contributed by atoms with van der Waals surface area (Å²) >= 11 is 31.0. The van der Waals surface area contributed by atoms with Gasteiger partial charge in [-0.2, -0.15) is 34.5 Å². The van der Waals surface area contributed by atoms with Gasteiger partial charge in [-0.1, -0.05) is 22.7 Å². The minimum atomic E-state index is -4.42. The van der Waals surface area contributed by atoms with Crippen molar-refractivity contribution in [1.29, 1.82) is 0 Å². The molecule has 28 atom stereocenters. The van der Waals surface area contributed by atoms with E-state index in [4.69, 9.17) is 171 Å². The number of alkyl halides is 4. The minimum Gasteiger partial charge on any atom is -0.382 e. The number of H-pyrrole nitrogens is 3. The Morgan fingerprint density at radius 1 is 0.421 bits per heavy atom. The zero-order chi connectivity index (χ0) is 93.8. The van der Waals surface area contributed by atoms with Crippen LogP contribution >= 0.6 is 64.4 Å². The van der Waals surface area contributed by atoms with Gasteiger partial charge in [-0.25, -0.2) is 71.0 Å². The molecule has 75 heteroatoms. The van der Waals surface area contributed by atoms with Crippen molar-refractivity contribution < 1.29 is 125 Å². The van der Waals surface area contributed by atoms with Crippen molar-refractivity contribution in [3.63, 3.8) is 0 Å². The summed E-state index contributed by atoms with van der Waals surface area (Å²) in [5, 5.41) is 21.4. The minimum absolute atomic E-state index is 0.00374. The van der Waals surface area contributed by atoms with Crippen LogP contribution in [0.5, 0.6) is 0 Å². The lowest BCUT2D eigenvalue weighted by Gasteiger charge is -2.27. The lowest BCUT2D eigenvalue weighted by atomic mass is 10.1. The Hall–Kier alpha value is -7.62. The largest absolute Gasteiger partial charge is 0.386 e. The Morgan fingerprint density at radius 3 is 1.36 bits per heavy atom. The summed E-state index contributed by atoms with van der Waals surface area (Å²) in [6.45, 7) is -28.5. The molecule has 58 nitrogen and oxygen atoms in total. The maximum absolute atomic E-state index is 16.0. The zero-order valence-corrected chi connectivity index (χ0v) is 77.2. The van der Waals surface area contributed by atoms with E-state index in [-0.39, 0.29) is 92.8 Å². The summed E-state index contributed by atoms with van der Waals surface area (Å²) < 4.78 is 181. The van der Waals surface area contributed by atoms with Gasteiger partial charge in [0.05, 0.1) is 93.5 Å². The number of ether oxygens (including phenoxy) is 5. The van der Waals surface area contributed by atoms with E-state index in [9.17, 15) is 43.4 Å². The number of halogens is 4. The second-order valence-electron chi connectivity index (χ2n) is 29.8. The number of aromatic amines is 3. The molecule has 6 bridgehead atoms. The highest BCUT2D eigenvalue weighted by Crippen LogP contribution is 2.63. The van der Waals surface area contributed by atoms with E-state index in [1.807, 2.05) is 0 Å². The van der Waals surface area contributed by atoms with Crippen molar-refractivity contribution in [2.75, 3.05) is 74.0 Å². The molecule has 133 heavy (non-hydrogen) atoms. The van der Waals surface area contributed by atoms with Crippen LogP contribution in [-0.4, -0.2) is 289 Å². The molecule has 0 spiro atoms. The second-order valence-corrected chi connectivity index (χ2v) is 48.0. The number of thiol groups is 1. The van der Waals surface area contributed by atoms with Crippen LogP contribution in [0.2, 0.25) is 0 Å². The Bertz CT molecular complexity index is 6800. The summed E-state index contributed by atoms with van der Waals surface area (Å²) in [5.74, 6) is -0.403. The standard InChI is InChI=1S/C20H22F2N10O8P2S3.2C19H22FN11O9P2S2/c21-8-7-2-37-42(35,44)39-12-6(38-18(9(12)22)31-4-27-10-14(23)25-3-26-15(10)31)1-36-41(34,43)40-13(8)19(45-7)32-5-28-11-16(32)29-20(24)30-17(11)33;2*20-11-10-4-36-41(33,43)39-8-1-7(6-2-23-16-14(21)24-5-25-30(6)16)37-9(8)3-35-42(34,44)40-13(11)18(38-10)31-15-12(28-29-31)17(32)27-19(22)26-15/h3-9,12-13,18-19H,1-2H2,(H,34,43)(H,35,44)(H2,23,25,26)(H3,24,29,30,33);2*2,5,7-11,13,18H,1,3-4H2,(H,33,43)(H,34,44)(H2,21,24,25)(H3,22,26,27,32)/t6-,7-,8-,9+,12-,13-,18-,19-,41?,42?;2*7-,8+,9-,10-,11+,13-,18-,41?,42?/m111/s1. The third kappa shape index (κ3) is 18.8. The highest BCUT2D eigenvalue weighted by Gasteiger charge is 2.58. The van der Waals surface area contributed by atoms with Gasteiger partial charge in [0.25, 0.3) is 16.7 Å². The molecule has 12 aromatic heterocycles. The maximum atomic E-state index is 16.0. The summed E-state index contributed by atoms with van der Waals surface area (Å²) in [7, 11) is 0. The SMILES string of the molecule is Nc1nc2c(ncn2[C@@H]2S[C@@H]3COP(O)(=S)O[C@H]4[C@H](F)[C@H](n5cnc6c(N)ncnc65)O[C@@H]4COP(=O)(S)O[C@@H]2[C@@H]3F)c(=O)[nH]1.Nc1nc2c(nnn2[C@@H]2O[C@@H]3COP(O)(=S)O[C@H]4C[C@H](c5cnc6c(N)ncnn56)O[C@@H]4COP(O)(=S)O[C@@H]2[C@H]3F)c(=O)[nH]1.Nc1nc2c(nnn2[C@@H]2O[C@@H]3COP(O)(=S)O[C@H]4C[C@H](c5cnc6c(N)ncnn56)O[C@@H]4COP(O)(=S)O[C@@H]2[C@H]3F)c(=O)[nH]1. The topological polar surface area (TPSA) is 778 Å². The molecule has 6 unspecified atom stereocenters. The number of aromatic nitrogens is 26. The van der Waals surface area contributed by atoms with Gasteiger partial charge in [-0.15, -0.1) is 22.0 Å². The van der Waals surface area contributed by atoms with E-state index in [2.05, 4.69) is 113 Å². The predicted molar refractivity (Wildman–Crippen MR) is 464 cm³/mol. The lowest BCUT2D eigenvalue weighted by Crippen LogP contribution is -2.34. The summed E-state index contributed by atoms with van der Waals surface area (Å²) in [6.07, 6.45) is -19.0. The van der Waals surface area contributed by atoms with Gasteiger partial charge >= 0.3 is 40.4 Å². The summed E-state index contributed by atoms with van der Waals surface area (Å²) in [6, 6.07) is 0. The maximum Gasteiger partial charge on any atom is 0.386 e. The number of nitrogens with one attached hydrogen (secondary N) is 3. The normalized spacial score (nSPS) is 36.9. The first-order chi connectivity index (χ1) is 63.1. The Labute approximate surface area is 769 Å². The van der Waals surface area contributed by atoms with Crippen LogP contribution < -0.4 is 51.1 Å². The number of nitrogens with two attached hydrogens (primary N) is 6. The fourth-order valence-corrected chi connectivity index (χ4v) is 25.8. The zero-order valence-electron chi connectivity index (χ0n) is 66.1. The highest BCUT2D eigenvalue weighted by molar-refractivity contribution is 8.44. The Kier molecular flexibility index (Phi) is 25.8. The van der Waals surface area contributed by atoms with Gasteiger partial charge in [0.2, 0.25) is 17.8 Å². The molecule has 9 aliphatic rings. The molecule has 9 saturated heterocycles. The van der Waals surface area contributed by atoms with Crippen molar-refractivity contribution in [3.8, 4) is 0 Å². The molecular formula is C58H66F4N32O26P6S7. The van der Waals surface area contributed by atoms with Crippen LogP contribution in [0.1, 0.15) is 60.5 Å². The van der Waals surface area contributed by atoms with E-state index >= 15 is 17.6 Å². The first-order valence-electron chi connectivity index (χ1n) is 38.3. The van der Waals surface area contributed by atoms with Crippen molar-refractivity contribution in [2.45, 2.75) is 146 Å². The van der Waals surface area contributed by atoms with Gasteiger partial charge in [0.1, 0.15) is 103 Å². The predicted octanol–water partition coefficient (Wildman–Crippen LogP) is -0.350. The smallest absolute Gasteiger partial charge is 0.382 e. The van der Waals surface area contributed by atoms with E-state index < -0.39 is 230 Å². The van der Waals surface area contributed by atoms with E-state index in [1.165, 1.54) is 55.9 Å².